The second kappa shape index (κ2) is 3.97. The number of carbonyl (C=O) groups excluding carboxylic acids is 1. The van der Waals surface area contributed by atoms with Gasteiger partial charge in [0.05, 0.1) is 0 Å². The van der Waals surface area contributed by atoms with Crippen molar-refractivity contribution in [3.63, 3.8) is 0 Å². The SMILES string of the molecule is O=C(NCC1(CCBr)CC1)C1C2C3CCC(C3)C12. The average molecular weight is 312 g/mol. The zero-order valence-corrected chi connectivity index (χ0v) is 12.4. The molecule has 4 rings (SSSR count). The smallest absolute Gasteiger partial charge is 0.223 e. The second-order valence-electron chi connectivity index (χ2n) is 7.17. The highest BCUT2D eigenvalue weighted by atomic mass is 79.9. The number of hydrogen-bond acceptors (Lipinski definition) is 1. The van der Waals surface area contributed by atoms with Gasteiger partial charge in [-0.3, -0.25) is 4.79 Å². The van der Waals surface area contributed by atoms with E-state index in [2.05, 4.69) is 21.2 Å². The summed E-state index contributed by atoms with van der Waals surface area (Å²) in [5.74, 6) is 4.20. The van der Waals surface area contributed by atoms with Crippen molar-refractivity contribution in [1.29, 1.82) is 0 Å². The van der Waals surface area contributed by atoms with Crippen molar-refractivity contribution in [3.8, 4) is 0 Å². The summed E-state index contributed by atoms with van der Waals surface area (Å²) in [5.41, 5.74) is 0.460. The summed E-state index contributed by atoms with van der Waals surface area (Å²) in [4.78, 5) is 12.3. The number of hydrogen-bond donors (Lipinski definition) is 1. The number of fused-ring (bicyclic) bond motifs is 5. The number of nitrogens with one attached hydrogen (secondary N) is 1. The predicted molar refractivity (Wildman–Crippen MR) is 74.4 cm³/mol. The Morgan fingerprint density at radius 1 is 1.22 bits per heavy atom. The van der Waals surface area contributed by atoms with Crippen LogP contribution in [0.25, 0.3) is 0 Å². The van der Waals surface area contributed by atoms with Crippen LogP contribution in [0.3, 0.4) is 0 Å². The van der Waals surface area contributed by atoms with Crippen LogP contribution in [-0.4, -0.2) is 17.8 Å². The van der Waals surface area contributed by atoms with Gasteiger partial charge in [0.1, 0.15) is 0 Å². The summed E-state index contributed by atoms with van der Waals surface area (Å²) >= 11 is 3.52. The number of amides is 1. The summed E-state index contributed by atoms with van der Waals surface area (Å²) in [5, 5.41) is 4.34. The number of rotatable bonds is 5. The van der Waals surface area contributed by atoms with E-state index >= 15 is 0 Å². The van der Waals surface area contributed by atoms with Gasteiger partial charge in [-0.2, -0.15) is 0 Å². The molecule has 1 N–H and O–H groups in total. The molecule has 0 aromatic rings. The van der Waals surface area contributed by atoms with E-state index < -0.39 is 0 Å². The number of carbonyl (C=O) groups is 1. The monoisotopic (exact) mass is 311 g/mol. The Morgan fingerprint density at radius 2 is 1.89 bits per heavy atom. The molecule has 0 saturated heterocycles. The molecule has 2 bridgehead atoms. The topological polar surface area (TPSA) is 29.1 Å². The molecule has 100 valence electrons. The number of halogens is 1. The zero-order chi connectivity index (χ0) is 12.3. The van der Waals surface area contributed by atoms with Crippen LogP contribution in [0.15, 0.2) is 0 Å². The van der Waals surface area contributed by atoms with E-state index in [1.54, 1.807) is 0 Å². The lowest BCUT2D eigenvalue weighted by molar-refractivity contribution is -0.123. The van der Waals surface area contributed by atoms with Crippen molar-refractivity contribution in [3.05, 3.63) is 0 Å². The van der Waals surface area contributed by atoms with E-state index in [9.17, 15) is 4.79 Å². The van der Waals surface area contributed by atoms with Gasteiger partial charge < -0.3 is 5.32 Å². The quantitative estimate of drug-likeness (QED) is 0.777. The predicted octanol–water partition coefficient (Wildman–Crippen LogP) is 2.96. The highest BCUT2D eigenvalue weighted by molar-refractivity contribution is 9.09. The molecule has 18 heavy (non-hydrogen) atoms. The Hall–Kier alpha value is -0.0500. The van der Waals surface area contributed by atoms with Gasteiger partial charge >= 0.3 is 0 Å². The van der Waals surface area contributed by atoms with Crippen LogP contribution < -0.4 is 5.32 Å². The third kappa shape index (κ3) is 1.69. The van der Waals surface area contributed by atoms with Crippen LogP contribution >= 0.6 is 15.9 Å². The molecule has 3 heteroatoms. The summed E-state index contributed by atoms with van der Waals surface area (Å²) in [6.07, 6.45) is 8.08. The molecule has 2 nitrogen and oxygen atoms in total. The third-order valence-electron chi connectivity index (χ3n) is 6.26. The van der Waals surface area contributed by atoms with Crippen molar-refractivity contribution in [2.75, 3.05) is 11.9 Å². The van der Waals surface area contributed by atoms with Crippen molar-refractivity contribution in [1.82, 2.24) is 5.32 Å². The van der Waals surface area contributed by atoms with Crippen molar-refractivity contribution >= 4 is 21.8 Å². The summed E-state index contributed by atoms with van der Waals surface area (Å²) in [6.45, 7) is 0.933. The molecule has 0 heterocycles. The minimum Gasteiger partial charge on any atom is -0.355 e. The van der Waals surface area contributed by atoms with Crippen LogP contribution in [0.1, 0.15) is 38.5 Å². The minimum absolute atomic E-state index is 0.391. The maximum absolute atomic E-state index is 12.3. The molecule has 4 aliphatic carbocycles. The van der Waals surface area contributed by atoms with Crippen molar-refractivity contribution in [2.45, 2.75) is 38.5 Å². The van der Waals surface area contributed by atoms with Crippen LogP contribution in [0, 0.1) is 35.0 Å². The van der Waals surface area contributed by atoms with E-state index in [1.807, 2.05) is 0 Å². The Kier molecular flexibility index (Phi) is 2.59. The molecule has 4 saturated carbocycles. The van der Waals surface area contributed by atoms with E-state index in [0.29, 0.717) is 17.2 Å². The third-order valence-corrected chi connectivity index (χ3v) is 6.65. The van der Waals surface area contributed by atoms with Crippen LogP contribution in [0.5, 0.6) is 0 Å². The summed E-state index contributed by atoms with van der Waals surface area (Å²) in [7, 11) is 0. The molecule has 4 aliphatic rings. The molecule has 4 fully saturated rings. The first-order chi connectivity index (χ1) is 8.74. The van der Waals surface area contributed by atoms with Crippen LogP contribution in [0.2, 0.25) is 0 Å². The molecule has 1 amide bonds. The Balaban J connectivity index is 1.31. The summed E-state index contributed by atoms with van der Waals surface area (Å²) < 4.78 is 0. The highest BCUT2D eigenvalue weighted by Gasteiger charge is 2.67. The van der Waals surface area contributed by atoms with E-state index in [4.69, 9.17) is 0 Å². The lowest BCUT2D eigenvalue weighted by Gasteiger charge is -2.15. The zero-order valence-electron chi connectivity index (χ0n) is 10.8. The maximum atomic E-state index is 12.3. The molecule has 4 atom stereocenters. The molecule has 4 unspecified atom stereocenters. The van der Waals surface area contributed by atoms with Crippen molar-refractivity contribution in [2.24, 2.45) is 35.0 Å². The minimum atomic E-state index is 0.391. The van der Waals surface area contributed by atoms with Gasteiger partial charge in [0, 0.05) is 17.8 Å². The van der Waals surface area contributed by atoms with Crippen molar-refractivity contribution < 1.29 is 4.79 Å². The van der Waals surface area contributed by atoms with Crippen LogP contribution in [0.4, 0.5) is 0 Å². The Bertz CT molecular complexity index is 363. The largest absolute Gasteiger partial charge is 0.355 e. The Morgan fingerprint density at radius 3 is 2.44 bits per heavy atom. The van der Waals surface area contributed by atoms with Gasteiger partial charge in [0.15, 0.2) is 0 Å². The standard InChI is InChI=1S/C15H22BrNO/c16-6-5-15(3-4-15)8-17-14(18)13-11-9-1-2-10(7-9)12(11)13/h9-13H,1-8H2,(H,17,18). The molecular formula is C15H22BrNO. The Labute approximate surface area is 117 Å². The molecular weight excluding hydrogens is 290 g/mol. The van der Waals surface area contributed by atoms with Gasteiger partial charge in [-0.25, -0.2) is 0 Å². The lowest BCUT2D eigenvalue weighted by atomic mass is 10.0. The fourth-order valence-corrected chi connectivity index (χ4v) is 5.80. The lowest BCUT2D eigenvalue weighted by Crippen LogP contribution is -2.33. The highest BCUT2D eigenvalue weighted by Crippen LogP contribution is 2.69. The fourth-order valence-electron chi connectivity index (χ4n) is 4.96. The van der Waals surface area contributed by atoms with Gasteiger partial charge in [0.25, 0.3) is 0 Å². The summed E-state index contributed by atoms with van der Waals surface area (Å²) in [6, 6.07) is 0. The van der Waals surface area contributed by atoms with E-state index in [1.165, 1.54) is 38.5 Å². The molecule has 0 aromatic heterocycles. The van der Waals surface area contributed by atoms with Gasteiger partial charge in [-0.05, 0) is 67.6 Å². The van der Waals surface area contributed by atoms with E-state index in [-0.39, 0.29) is 0 Å². The molecule has 0 radical (unpaired) electrons. The first kappa shape index (κ1) is 11.7. The van der Waals surface area contributed by atoms with Gasteiger partial charge in [-0.1, -0.05) is 15.9 Å². The second-order valence-corrected chi connectivity index (χ2v) is 7.96. The van der Waals surface area contributed by atoms with Crippen LogP contribution in [-0.2, 0) is 4.79 Å². The van der Waals surface area contributed by atoms with Gasteiger partial charge in [-0.15, -0.1) is 0 Å². The first-order valence-corrected chi connectivity index (χ1v) is 8.70. The fraction of sp³-hybridized carbons (Fsp3) is 0.933. The molecule has 0 aromatic carbocycles. The number of alkyl halides is 1. The van der Waals surface area contributed by atoms with E-state index in [0.717, 1.165) is 35.5 Å². The average Bonchev–Trinajstić information content (AvgIpc) is 3.24. The molecule has 0 spiro atoms. The normalized spacial score (nSPS) is 45.7. The molecule has 0 aliphatic heterocycles. The first-order valence-electron chi connectivity index (χ1n) is 7.58. The maximum Gasteiger partial charge on any atom is 0.223 e. The van der Waals surface area contributed by atoms with Gasteiger partial charge in [0.2, 0.25) is 5.91 Å².